The van der Waals surface area contributed by atoms with E-state index in [4.69, 9.17) is 4.74 Å². The Morgan fingerprint density at radius 1 is 1.24 bits per heavy atom. The smallest absolute Gasteiger partial charge is 0.412 e. The molecule has 1 heterocycles. The van der Waals surface area contributed by atoms with Gasteiger partial charge in [-0.25, -0.2) is 4.79 Å². The van der Waals surface area contributed by atoms with Gasteiger partial charge in [0.25, 0.3) is 0 Å². The fourth-order valence-electron chi connectivity index (χ4n) is 1.60. The van der Waals surface area contributed by atoms with Crippen LogP contribution in [-0.2, 0) is 4.74 Å². The third kappa shape index (κ3) is 4.42. The molecule has 2 rings (SSSR count). The fraction of sp³-hybridized carbons (Fsp3) is 0.214. The lowest BCUT2D eigenvalue weighted by atomic mass is 10.2. The van der Waals surface area contributed by atoms with Gasteiger partial charge in [-0.2, -0.15) is 0 Å². The van der Waals surface area contributed by atoms with E-state index in [1.54, 1.807) is 19.1 Å². The number of aromatic nitrogens is 2. The normalized spacial score (nSPS) is 10.0. The van der Waals surface area contributed by atoms with Gasteiger partial charge in [0.2, 0.25) is 0 Å². The summed E-state index contributed by atoms with van der Waals surface area (Å²) < 4.78 is 5.70. The highest BCUT2D eigenvalue weighted by molar-refractivity contribution is 9.10. The molecule has 0 atom stereocenters. The zero-order valence-corrected chi connectivity index (χ0v) is 13.3. The van der Waals surface area contributed by atoms with Crippen molar-refractivity contribution in [3.8, 4) is 0 Å². The third-order valence-corrected chi connectivity index (χ3v) is 3.21. The maximum atomic E-state index is 11.2. The lowest BCUT2D eigenvalue weighted by Crippen LogP contribution is -2.14. The van der Waals surface area contributed by atoms with Crippen LogP contribution < -0.4 is 10.6 Å². The molecule has 0 aliphatic carbocycles. The Morgan fingerprint density at radius 2 is 1.95 bits per heavy atom. The van der Waals surface area contributed by atoms with Crippen LogP contribution in [0, 0.1) is 6.92 Å². The van der Waals surface area contributed by atoms with Gasteiger partial charge >= 0.3 is 6.09 Å². The number of hydrogen-bond acceptors (Lipinski definition) is 5. The molecule has 2 N–H and O–H groups in total. The molecule has 21 heavy (non-hydrogen) atoms. The van der Waals surface area contributed by atoms with Crippen molar-refractivity contribution < 1.29 is 9.53 Å². The molecular formula is C14H15BrN4O2. The highest BCUT2D eigenvalue weighted by Gasteiger charge is 2.05. The standard InChI is InChI=1S/C14H15BrN4O2/c1-3-21-14(20)17-13-7-6-12(18-19-13)16-11-5-4-9(2)8-10(11)15/h4-8H,3H2,1-2H3,(H,16,18)(H,17,19,20). The average Bonchev–Trinajstić information content (AvgIpc) is 2.44. The number of nitrogens with one attached hydrogen (secondary N) is 2. The summed E-state index contributed by atoms with van der Waals surface area (Å²) in [6.45, 7) is 4.06. The second-order valence-electron chi connectivity index (χ2n) is 4.26. The zero-order valence-electron chi connectivity index (χ0n) is 11.7. The van der Waals surface area contributed by atoms with Crippen LogP contribution in [0.25, 0.3) is 0 Å². The number of ether oxygens (including phenoxy) is 1. The second-order valence-corrected chi connectivity index (χ2v) is 5.11. The molecule has 0 saturated carbocycles. The Kier molecular flexibility index (Phi) is 5.10. The minimum atomic E-state index is -0.547. The number of hydrogen-bond donors (Lipinski definition) is 2. The molecule has 6 nitrogen and oxygen atoms in total. The van der Waals surface area contributed by atoms with Gasteiger partial charge in [-0.05, 0) is 59.6 Å². The van der Waals surface area contributed by atoms with Gasteiger partial charge in [-0.15, -0.1) is 10.2 Å². The van der Waals surface area contributed by atoms with Crippen molar-refractivity contribution in [1.82, 2.24) is 10.2 Å². The first-order valence-electron chi connectivity index (χ1n) is 6.39. The number of anilines is 3. The number of amides is 1. The van der Waals surface area contributed by atoms with Gasteiger partial charge in [-0.1, -0.05) is 6.07 Å². The SMILES string of the molecule is CCOC(=O)Nc1ccc(Nc2ccc(C)cc2Br)nn1. The second kappa shape index (κ2) is 7.03. The van der Waals surface area contributed by atoms with Gasteiger partial charge in [0.15, 0.2) is 11.6 Å². The fourth-order valence-corrected chi connectivity index (χ4v) is 2.19. The maximum Gasteiger partial charge on any atom is 0.412 e. The molecule has 1 amide bonds. The first kappa shape index (κ1) is 15.2. The molecule has 1 aromatic carbocycles. The Balaban J connectivity index is 2.03. The van der Waals surface area contributed by atoms with Crippen LogP contribution in [-0.4, -0.2) is 22.9 Å². The average molecular weight is 351 g/mol. The summed E-state index contributed by atoms with van der Waals surface area (Å²) in [4.78, 5) is 11.2. The van der Waals surface area contributed by atoms with E-state index >= 15 is 0 Å². The molecule has 110 valence electrons. The van der Waals surface area contributed by atoms with Crippen LogP contribution in [0.2, 0.25) is 0 Å². The van der Waals surface area contributed by atoms with Crippen LogP contribution in [0.1, 0.15) is 12.5 Å². The molecule has 0 saturated heterocycles. The maximum absolute atomic E-state index is 11.2. The lowest BCUT2D eigenvalue weighted by molar-refractivity contribution is 0.168. The van der Waals surface area contributed by atoms with Crippen molar-refractivity contribution in [1.29, 1.82) is 0 Å². The van der Waals surface area contributed by atoms with Crippen molar-refractivity contribution in [2.24, 2.45) is 0 Å². The topological polar surface area (TPSA) is 76.1 Å². The van der Waals surface area contributed by atoms with Crippen LogP contribution in [0.4, 0.5) is 22.1 Å². The number of aryl methyl sites for hydroxylation is 1. The summed E-state index contributed by atoms with van der Waals surface area (Å²) in [5.74, 6) is 0.913. The Bertz CT molecular complexity index is 631. The van der Waals surface area contributed by atoms with Crippen LogP contribution in [0.5, 0.6) is 0 Å². The Labute approximate surface area is 131 Å². The lowest BCUT2D eigenvalue weighted by Gasteiger charge is -2.08. The van der Waals surface area contributed by atoms with Gasteiger partial charge in [-0.3, -0.25) is 5.32 Å². The van der Waals surface area contributed by atoms with E-state index in [1.165, 1.54) is 0 Å². The van der Waals surface area contributed by atoms with Crippen molar-refractivity contribution in [2.75, 3.05) is 17.2 Å². The predicted octanol–water partition coefficient (Wildman–Crippen LogP) is 3.86. The first-order valence-corrected chi connectivity index (χ1v) is 7.18. The first-order chi connectivity index (χ1) is 10.1. The molecule has 7 heteroatoms. The molecule has 2 aromatic rings. The number of halogens is 1. The number of rotatable bonds is 4. The summed E-state index contributed by atoms with van der Waals surface area (Å²) in [5, 5.41) is 13.5. The molecule has 0 unspecified atom stereocenters. The highest BCUT2D eigenvalue weighted by Crippen LogP contribution is 2.25. The van der Waals surface area contributed by atoms with Crippen molar-refractivity contribution in [3.63, 3.8) is 0 Å². The minimum absolute atomic E-state index is 0.306. The Morgan fingerprint density at radius 3 is 2.57 bits per heavy atom. The predicted molar refractivity (Wildman–Crippen MR) is 84.8 cm³/mol. The van der Waals surface area contributed by atoms with Gasteiger partial charge < -0.3 is 10.1 Å². The molecule has 1 aromatic heterocycles. The van der Waals surface area contributed by atoms with E-state index in [2.05, 4.69) is 36.8 Å². The Hall–Kier alpha value is -2.15. The van der Waals surface area contributed by atoms with Crippen molar-refractivity contribution in [2.45, 2.75) is 13.8 Å². The molecule has 0 aliphatic rings. The van der Waals surface area contributed by atoms with E-state index in [0.29, 0.717) is 18.2 Å². The van der Waals surface area contributed by atoms with E-state index in [-0.39, 0.29) is 0 Å². The molecule has 0 aliphatic heterocycles. The monoisotopic (exact) mass is 350 g/mol. The molecule has 0 fully saturated rings. The van der Waals surface area contributed by atoms with E-state index in [0.717, 1.165) is 15.7 Å². The van der Waals surface area contributed by atoms with Crippen LogP contribution in [0.15, 0.2) is 34.8 Å². The van der Waals surface area contributed by atoms with Crippen molar-refractivity contribution >= 4 is 39.3 Å². The van der Waals surface area contributed by atoms with Crippen LogP contribution in [0.3, 0.4) is 0 Å². The number of benzene rings is 1. The van der Waals surface area contributed by atoms with Crippen molar-refractivity contribution in [3.05, 3.63) is 40.4 Å². The van der Waals surface area contributed by atoms with E-state index in [1.807, 2.05) is 25.1 Å². The minimum Gasteiger partial charge on any atom is -0.450 e. The summed E-state index contributed by atoms with van der Waals surface area (Å²) in [6.07, 6.45) is -0.547. The van der Waals surface area contributed by atoms with Gasteiger partial charge in [0.1, 0.15) is 0 Å². The highest BCUT2D eigenvalue weighted by atomic mass is 79.9. The summed E-state index contributed by atoms with van der Waals surface area (Å²) in [7, 11) is 0. The number of nitrogens with zero attached hydrogens (tertiary/aromatic N) is 2. The number of carbonyl (C=O) groups excluding carboxylic acids is 1. The quantitative estimate of drug-likeness (QED) is 0.875. The molecular weight excluding hydrogens is 336 g/mol. The zero-order chi connectivity index (χ0) is 15.2. The largest absolute Gasteiger partial charge is 0.450 e. The molecule has 0 bridgehead atoms. The molecule has 0 radical (unpaired) electrons. The van der Waals surface area contributed by atoms with Gasteiger partial charge in [0.05, 0.1) is 12.3 Å². The molecule has 0 spiro atoms. The summed E-state index contributed by atoms with van der Waals surface area (Å²) in [6, 6.07) is 9.32. The van der Waals surface area contributed by atoms with E-state index in [9.17, 15) is 4.79 Å². The van der Waals surface area contributed by atoms with Gasteiger partial charge in [0, 0.05) is 4.47 Å². The summed E-state index contributed by atoms with van der Waals surface area (Å²) in [5.41, 5.74) is 2.05. The third-order valence-electron chi connectivity index (χ3n) is 2.56. The summed E-state index contributed by atoms with van der Waals surface area (Å²) >= 11 is 3.48. The number of carbonyl (C=O) groups is 1. The van der Waals surface area contributed by atoms with Crippen LogP contribution >= 0.6 is 15.9 Å². The van der Waals surface area contributed by atoms with E-state index < -0.39 is 6.09 Å².